The molecule has 1 aromatic heterocycles. The highest BCUT2D eigenvalue weighted by Crippen LogP contribution is 2.40. The van der Waals surface area contributed by atoms with Crippen LogP contribution in [0.15, 0.2) is 39.5 Å². The molecule has 3 rings (SSSR count). The minimum atomic E-state index is -0.827. The molecule has 0 aliphatic heterocycles. The highest BCUT2D eigenvalue weighted by Gasteiger charge is 2.24. The fourth-order valence-electron chi connectivity index (χ4n) is 4.00. The minimum absolute atomic E-state index is 0.00416. The largest absolute Gasteiger partial charge is 0.508 e. The van der Waals surface area contributed by atoms with Crippen molar-refractivity contribution in [3.05, 3.63) is 40.6 Å². The Hall–Kier alpha value is -3.68. The number of hydrogen-bond donors (Lipinski definition) is 4. The number of esters is 1. The number of aromatic hydroxyl groups is 4. The average Bonchev–Trinajstić information content (AvgIpc) is 2.79. The molecule has 35 heavy (non-hydrogen) atoms. The van der Waals surface area contributed by atoms with Crippen LogP contribution in [0.5, 0.6) is 28.7 Å². The van der Waals surface area contributed by atoms with E-state index in [1.165, 1.54) is 44.2 Å². The van der Waals surface area contributed by atoms with E-state index in [1.54, 1.807) is 0 Å². The third-order valence-corrected chi connectivity index (χ3v) is 5.84. The van der Waals surface area contributed by atoms with E-state index in [1.807, 2.05) is 0 Å². The first-order valence-electron chi connectivity index (χ1n) is 12.1. The second-order valence-electron chi connectivity index (χ2n) is 8.68. The van der Waals surface area contributed by atoms with Gasteiger partial charge in [0.25, 0.3) is 0 Å². The Kier molecular flexibility index (Phi) is 9.00. The lowest BCUT2D eigenvalue weighted by atomic mass is 10.1. The van der Waals surface area contributed by atoms with Gasteiger partial charge in [0.1, 0.15) is 34.0 Å². The summed E-state index contributed by atoms with van der Waals surface area (Å²) in [6, 6.07) is 5.73. The highest BCUT2D eigenvalue weighted by atomic mass is 16.5. The average molecular weight is 485 g/mol. The molecule has 0 unspecified atom stereocenters. The predicted molar refractivity (Wildman–Crippen MR) is 132 cm³/mol. The van der Waals surface area contributed by atoms with Gasteiger partial charge >= 0.3 is 5.97 Å². The number of unbranched alkanes of at least 4 members (excludes halogenated alkanes) is 8. The van der Waals surface area contributed by atoms with Crippen LogP contribution in [0.1, 0.15) is 71.1 Å². The number of phenolic OH excluding ortho intramolecular Hbond substituents is 4. The van der Waals surface area contributed by atoms with Crippen molar-refractivity contribution in [2.45, 2.75) is 71.1 Å². The highest BCUT2D eigenvalue weighted by molar-refractivity contribution is 5.90. The summed E-state index contributed by atoms with van der Waals surface area (Å²) in [6.07, 6.45) is 9.83. The van der Waals surface area contributed by atoms with Crippen LogP contribution in [0.4, 0.5) is 0 Å². The van der Waals surface area contributed by atoms with Crippen molar-refractivity contribution in [2.24, 2.45) is 0 Å². The Bertz CT molecular complexity index is 1230. The summed E-state index contributed by atoms with van der Waals surface area (Å²) in [5, 5.41) is 39.6. The lowest BCUT2D eigenvalue weighted by Gasteiger charge is -2.12. The SMILES string of the molecule is CCCCCCCCCCCC(=O)Oc1c(-c2ccc(O)cc2O)oc2cc(O)cc(O)c2c1=O. The molecule has 0 radical (unpaired) electrons. The molecule has 0 aliphatic carbocycles. The van der Waals surface area contributed by atoms with Crippen molar-refractivity contribution in [3.63, 3.8) is 0 Å². The van der Waals surface area contributed by atoms with E-state index in [-0.39, 0.29) is 40.2 Å². The maximum atomic E-state index is 13.2. The maximum absolute atomic E-state index is 13.2. The van der Waals surface area contributed by atoms with Gasteiger partial charge in [-0.2, -0.15) is 0 Å². The fraction of sp³-hybridized carbons (Fsp3) is 0.407. The van der Waals surface area contributed by atoms with E-state index in [0.717, 1.165) is 37.5 Å². The zero-order valence-corrected chi connectivity index (χ0v) is 19.9. The van der Waals surface area contributed by atoms with Crippen LogP contribution in [0.3, 0.4) is 0 Å². The summed E-state index contributed by atoms with van der Waals surface area (Å²) in [5.41, 5.74) is -0.990. The third kappa shape index (κ3) is 6.68. The Morgan fingerprint density at radius 1 is 0.829 bits per heavy atom. The molecule has 8 nitrogen and oxygen atoms in total. The third-order valence-electron chi connectivity index (χ3n) is 5.84. The lowest BCUT2D eigenvalue weighted by molar-refractivity contribution is -0.134. The van der Waals surface area contributed by atoms with Gasteiger partial charge in [-0.15, -0.1) is 0 Å². The smallest absolute Gasteiger partial charge is 0.311 e. The topological polar surface area (TPSA) is 137 Å². The number of benzene rings is 2. The second-order valence-corrected chi connectivity index (χ2v) is 8.68. The molecule has 0 amide bonds. The van der Waals surface area contributed by atoms with Crippen molar-refractivity contribution in [3.8, 4) is 40.1 Å². The molecular formula is C27H32O8. The number of rotatable bonds is 12. The summed E-state index contributed by atoms with van der Waals surface area (Å²) in [6.45, 7) is 2.19. The van der Waals surface area contributed by atoms with E-state index < -0.39 is 28.6 Å². The van der Waals surface area contributed by atoms with Crippen LogP contribution in [0.2, 0.25) is 0 Å². The van der Waals surface area contributed by atoms with Gasteiger partial charge in [0.05, 0.1) is 5.56 Å². The van der Waals surface area contributed by atoms with Crippen LogP contribution < -0.4 is 10.2 Å². The van der Waals surface area contributed by atoms with E-state index in [2.05, 4.69) is 6.92 Å². The molecular weight excluding hydrogens is 452 g/mol. The summed E-state index contributed by atoms with van der Waals surface area (Å²) >= 11 is 0. The van der Waals surface area contributed by atoms with E-state index in [4.69, 9.17) is 9.15 Å². The Balaban J connectivity index is 1.78. The Morgan fingerprint density at radius 3 is 2.11 bits per heavy atom. The molecule has 8 heteroatoms. The summed E-state index contributed by atoms with van der Waals surface area (Å²) < 4.78 is 11.1. The zero-order valence-electron chi connectivity index (χ0n) is 19.9. The van der Waals surface area contributed by atoms with Gasteiger partial charge in [0.15, 0.2) is 5.76 Å². The zero-order chi connectivity index (χ0) is 25.4. The number of phenols is 4. The Labute approximate surface area is 203 Å². The van der Waals surface area contributed by atoms with Crippen LogP contribution in [-0.2, 0) is 4.79 Å². The van der Waals surface area contributed by atoms with Crippen molar-refractivity contribution < 1.29 is 34.4 Å². The molecule has 0 saturated carbocycles. The standard InChI is InChI=1S/C27H32O8/c1-2-3-4-5-6-7-8-9-10-11-23(32)35-27-25(33)24-21(31)15-18(29)16-22(24)34-26(27)19-13-12-17(28)14-20(19)30/h12-16,28-31H,2-11H2,1H3. The number of fused-ring (bicyclic) bond motifs is 1. The quantitative estimate of drug-likeness (QED) is 0.178. The second kappa shape index (κ2) is 12.1. The molecule has 188 valence electrons. The van der Waals surface area contributed by atoms with Gasteiger partial charge in [-0.1, -0.05) is 58.3 Å². The monoisotopic (exact) mass is 484 g/mol. The molecule has 4 N–H and O–H groups in total. The van der Waals surface area contributed by atoms with Gasteiger partial charge in [-0.25, -0.2) is 0 Å². The van der Waals surface area contributed by atoms with Gasteiger partial charge < -0.3 is 29.6 Å². The van der Waals surface area contributed by atoms with Crippen LogP contribution in [0.25, 0.3) is 22.3 Å². The van der Waals surface area contributed by atoms with Crippen molar-refractivity contribution >= 4 is 16.9 Å². The molecule has 1 heterocycles. The summed E-state index contributed by atoms with van der Waals surface area (Å²) in [5.74, 6) is -2.88. The lowest BCUT2D eigenvalue weighted by Crippen LogP contribution is -2.16. The number of hydrogen-bond acceptors (Lipinski definition) is 8. The predicted octanol–water partition coefficient (Wildman–Crippen LogP) is 6.11. The molecule has 2 aromatic carbocycles. The normalized spacial score (nSPS) is 11.1. The van der Waals surface area contributed by atoms with Gasteiger partial charge in [0, 0.05) is 24.6 Å². The number of carbonyl (C=O) groups is 1. The first kappa shape index (κ1) is 25.9. The van der Waals surface area contributed by atoms with E-state index >= 15 is 0 Å². The van der Waals surface area contributed by atoms with Gasteiger partial charge in [-0.3, -0.25) is 9.59 Å². The molecule has 0 aliphatic rings. The molecule has 0 atom stereocenters. The molecule has 0 saturated heterocycles. The number of ether oxygens (including phenoxy) is 1. The first-order chi connectivity index (χ1) is 16.8. The van der Waals surface area contributed by atoms with Crippen LogP contribution in [0, 0.1) is 0 Å². The van der Waals surface area contributed by atoms with Gasteiger partial charge in [-0.05, 0) is 18.6 Å². The minimum Gasteiger partial charge on any atom is -0.508 e. The summed E-state index contributed by atoms with van der Waals surface area (Å²) in [4.78, 5) is 25.7. The molecule has 0 spiro atoms. The van der Waals surface area contributed by atoms with Crippen molar-refractivity contribution in [1.29, 1.82) is 0 Å². The maximum Gasteiger partial charge on any atom is 0.311 e. The van der Waals surface area contributed by atoms with E-state index in [0.29, 0.717) is 6.42 Å². The summed E-state index contributed by atoms with van der Waals surface area (Å²) in [7, 11) is 0. The Morgan fingerprint density at radius 2 is 1.46 bits per heavy atom. The van der Waals surface area contributed by atoms with Crippen LogP contribution >= 0.6 is 0 Å². The molecule has 0 fully saturated rings. The van der Waals surface area contributed by atoms with Crippen LogP contribution in [-0.4, -0.2) is 26.4 Å². The number of carbonyl (C=O) groups excluding carboxylic acids is 1. The van der Waals surface area contributed by atoms with Crippen molar-refractivity contribution in [2.75, 3.05) is 0 Å². The molecule has 3 aromatic rings. The molecule has 0 bridgehead atoms. The fourth-order valence-corrected chi connectivity index (χ4v) is 4.00. The van der Waals surface area contributed by atoms with Gasteiger partial charge in [0.2, 0.25) is 11.2 Å². The van der Waals surface area contributed by atoms with E-state index in [9.17, 15) is 30.0 Å². The van der Waals surface area contributed by atoms with Crippen molar-refractivity contribution in [1.82, 2.24) is 0 Å². The first-order valence-corrected chi connectivity index (χ1v) is 12.1.